The van der Waals surface area contributed by atoms with Gasteiger partial charge in [0.25, 0.3) is 11.8 Å². The maximum Gasteiger partial charge on any atom is 0.305 e. The van der Waals surface area contributed by atoms with Crippen LogP contribution in [0, 0.1) is 0 Å². The average molecular weight is 588 g/mol. The maximum absolute atomic E-state index is 13.1. The van der Waals surface area contributed by atoms with E-state index >= 15 is 0 Å². The van der Waals surface area contributed by atoms with Crippen LogP contribution in [0.3, 0.4) is 0 Å². The van der Waals surface area contributed by atoms with Crippen molar-refractivity contribution in [1.29, 1.82) is 0 Å². The van der Waals surface area contributed by atoms with Gasteiger partial charge in [0.05, 0.1) is 37.6 Å². The first-order valence-electron chi connectivity index (χ1n) is 15.3. The lowest BCUT2D eigenvalue weighted by atomic mass is 10.0. The highest BCUT2D eigenvalue weighted by molar-refractivity contribution is 6.25. The number of nitrogens with one attached hydrogen (secondary N) is 2. The third kappa shape index (κ3) is 10.2. The van der Waals surface area contributed by atoms with Crippen molar-refractivity contribution in [2.45, 2.75) is 90.0 Å². The van der Waals surface area contributed by atoms with E-state index in [2.05, 4.69) is 17.6 Å². The minimum Gasteiger partial charge on any atom is -0.463 e. The average Bonchev–Trinajstić information content (AvgIpc) is 3.23. The van der Waals surface area contributed by atoms with Gasteiger partial charge in [-0.25, -0.2) is 0 Å². The van der Waals surface area contributed by atoms with Crippen molar-refractivity contribution in [1.82, 2.24) is 10.2 Å². The van der Waals surface area contributed by atoms with Crippen molar-refractivity contribution in [2.75, 3.05) is 44.9 Å². The number of hydrogen-bond acceptors (Lipinski definition) is 9. The van der Waals surface area contributed by atoms with Crippen molar-refractivity contribution < 1.29 is 38.2 Å². The number of rotatable bonds is 21. The number of amides is 4. The summed E-state index contributed by atoms with van der Waals surface area (Å²) in [4.78, 5) is 62.5. The molecule has 0 aliphatic carbocycles. The summed E-state index contributed by atoms with van der Waals surface area (Å²) in [7, 11) is 0. The van der Waals surface area contributed by atoms with E-state index in [4.69, 9.17) is 14.2 Å². The summed E-state index contributed by atoms with van der Waals surface area (Å²) in [5, 5.41) is 5.32. The normalized spacial score (nSPS) is 16.5. The fourth-order valence-electron chi connectivity index (χ4n) is 5.11. The van der Waals surface area contributed by atoms with Gasteiger partial charge in [-0.15, -0.1) is 0 Å². The van der Waals surface area contributed by atoms with Crippen molar-refractivity contribution in [2.24, 2.45) is 0 Å². The lowest BCUT2D eigenvalue weighted by molar-refractivity contribution is -0.145. The number of anilines is 1. The van der Waals surface area contributed by atoms with E-state index in [-0.39, 0.29) is 36.5 Å². The molecule has 11 heteroatoms. The van der Waals surface area contributed by atoms with Crippen molar-refractivity contribution >= 4 is 35.3 Å². The van der Waals surface area contributed by atoms with Crippen LogP contribution in [0.15, 0.2) is 18.2 Å². The molecular weight excluding hydrogens is 542 g/mol. The second kappa shape index (κ2) is 18.3. The summed E-state index contributed by atoms with van der Waals surface area (Å²) in [6, 6.07) is 3.90. The number of carbonyl (C=O) groups is 5. The smallest absolute Gasteiger partial charge is 0.305 e. The van der Waals surface area contributed by atoms with Crippen LogP contribution in [-0.2, 0) is 28.6 Å². The molecule has 3 rings (SSSR count). The molecule has 1 fully saturated rings. The molecule has 0 bridgehead atoms. The quantitative estimate of drug-likeness (QED) is 0.124. The number of imide groups is 2. The van der Waals surface area contributed by atoms with Gasteiger partial charge in [0, 0.05) is 25.1 Å². The summed E-state index contributed by atoms with van der Waals surface area (Å²) < 4.78 is 16.2. The third-order valence-electron chi connectivity index (χ3n) is 7.38. The van der Waals surface area contributed by atoms with Crippen LogP contribution >= 0.6 is 0 Å². The highest BCUT2D eigenvalue weighted by Crippen LogP contribution is 2.32. The summed E-state index contributed by atoms with van der Waals surface area (Å²) in [5.41, 5.74) is 0.908. The molecule has 0 spiro atoms. The van der Waals surface area contributed by atoms with Gasteiger partial charge in [-0.2, -0.15) is 0 Å². The standard InChI is InChI=1S/C31H45N3O8/c1-2-3-4-5-6-7-8-9-10-14-27(36)42-22-21-41-20-19-40-18-17-32-24-13-11-12-23-28(24)31(39)34(30(23)38)25-15-16-26(35)33-29(25)37/h11-13,25,32H,2-10,14-22H2,1H3,(H,33,35,37). The molecule has 2 aliphatic heterocycles. The van der Waals surface area contributed by atoms with Gasteiger partial charge in [0.2, 0.25) is 11.8 Å². The zero-order valence-electron chi connectivity index (χ0n) is 24.8. The maximum atomic E-state index is 13.1. The van der Waals surface area contributed by atoms with Crippen molar-refractivity contribution in [3.8, 4) is 0 Å². The predicted octanol–water partition coefficient (Wildman–Crippen LogP) is 4.00. The molecule has 0 aromatic heterocycles. The van der Waals surface area contributed by atoms with Gasteiger partial charge in [-0.3, -0.25) is 34.2 Å². The minimum absolute atomic E-state index is 0.0700. The van der Waals surface area contributed by atoms with Crippen LogP contribution in [0.4, 0.5) is 5.69 Å². The van der Waals surface area contributed by atoms with E-state index in [1.54, 1.807) is 18.2 Å². The Morgan fingerprint density at radius 1 is 0.881 bits per heavy atom. The largest absolute Gasteiger partial charge is 0.463 e. The molecule has 1 atom stereocenters. The van der Waals surface area contributed by atoms with Crippen LogP contribution in [0.5, 0.6) is 0 Å². The fourth-order valence-corrected chi connectivity index (χ4v) is 5.11. The van der Waals surface area contributed by atoms with Gasteiger partial charge in [-0.1, -0.05) is 64.4 Å². The van der Waals surface area contributed by atoms with Gasteiger partial charge in [-0.05, 0) is 25.0 Å². The van der Waals surface area contributed by atoms with Gasteiger partial charge < -0.3 is 19.5 Å². The van der Waals surface area contributed by atoms with Crippen LogP contribution in [-0.4, -0.2) is 80.1 Å². The molecule has 2 N–H and O–H groups in total. The Morgan fingerprint density at radius 3 is 2.26 bits per heavy atom. The molecule has 1 unspecified atom stereocenters. The molecule has 1 aromatic rings. The number of carbonyl (C=O) groups excluding carboxylic acids is 5. The Labute approximate surface area is 248 Å². The van der Waals surface area contributed by atoms with Crippen LogP contribution in [0.2, 0.25) is 0 Å². The topological polar surface area (TPSA) is 140 Å². The molecule has 232 valence electrons. The molecule has 42 heavy (non-hydrogen) atoms. The molecule has 2 aliphatic rings. The second-order valence-corrected chi connectivity index (χ2v) is 10.6. The van der Waals surface area contributed by atoms with Gasteiger partial charge in [0.1, 0.15) is 12.6 Å². The molecule has 1 saturated heterocycles. The van der Waals surface area contributed by atoms with Gasteiger partial charge in [0.15, 0.2) is 0 Å². The van der Waals surface area contributed by atoms with Crippen LogP contribution in [0.1, 0.15) is 105 Å². The summed E-state index contributed by atoms with van der Waals surface area (Å²) in [6.07, 6.45) is 11.5. The van der Waals surface area contributed by atoms with Crippen molar-refractivity contribution in [3.63, 3.8) is 0 Å². The van der Waals surface area contributed by atoms with Gasteiger partial charge >= 0.3 is 5.97 Å². The number of benzene rings is 1. The molecular formula is C31H45N3O8. The number of fused-ring (bicyclic) bond motifs is 1. The number of ether oxygens (including phenoxy) is 3. The fraction of sp³-hybridized carbons (Fsp3) is 0.645. The van der Waals surface area contributed by atoms with E-state index in [1.807, 2.05) is 0 Å². The molecule has 11 nitrogen and oxygen atoms in total. The number of nitrogens with zero attached hydrogens (tertiary/aromatic N) is 1. The molecule has 4 amide bonds. The zero-order chi connectivity index (χ0) is 30.2. The van der Waals surface area contributed by atoms with Crippen LogP contribution < -0.4 is 10.6 Å². The minimum atomic E-state index is -1.01. The van der Waals surface area contributed by atoms with E-state index in [0.717, 1.165) is 17.7 Å². The predicted molar refractivity (Wildman–Crippen MR) is 156 cm³/mol. The number of unbranched alkanes of at least 4 members (excludes halogenated alkanes) is 8. The number of esters is 1. The van der Waals surface area contributed by atoms with Crippen LogP contribution in [0.25, 0.3) is 0 Å². The second-order valence-electron chi connectivity index (χ2n) is 10.6. The SMILES string of the molecule is CCCCCCCCCCCC(=O)OCCOCCOCCNc1cccc2c1C(=O)N(C1CCC(=O)NC1=O)C2=O. The first kappa shape index (κ1) is 33.2. The van der Waals surface area contributed by atoms with E-state index in [0.29, 0.717) is 45.1 Å². The summed E-state index contributed by atoms with van der Waals surface area (Å²) in [5.74, 6) is -2.34. The van der Waals surface area contributed by atoms with E-state index in [1.165, 1.54) is 44.9 Å². The van der Waals surface area contributed by atoms with E-state index in [9.17, 15) is 24.0 Å². The number of hydrogen-bond donors (Lipinski definition) is 2. The Morgan fingerprint density at radius 2 is 1.55 bits per heavy atom. The molecule has 0 saturated carbocycles. The summed E-state index contributed by atoms with van der Waals surface area (Å²) >= 11 is 0. The summed E-state index contributed by atoms with van der Waals surface area (Å²) in [6.45, 7) is 4.17. The molecule has 0 radical (unpaired) electrons. The Kier molecular flexibility index (Phi) is 14.4. The first-order chi connectivity index (χ1) is 20.4. The van der Waals surface area contributed by atoms with Crippen molar-refractivity contribution in [3.05, 3.63) is 29.3 Å². The lowest BCUT2D eigenvalue weighted by Crippen LogP contribution is -2.54. The Balaban J connectivity index is 1.22. The highest BCUT2D eigenvalue weighted by atomic mass is 16.6. The monoisotopic (exact) mass is 587 g/mol. The Bertz CT molecular complexity index is 1080. The molecule has 1 aromatic carbocycles. The Hall–Kier alpha value is -3.31. The zero-order valence-corrected chi connectivity index (χ0v) is 24.8. The first-order valence-corrected chi connectivity index (χ1v) is 15.3. The lowest BCUT2D eigenvalue weighted by Gasteiger charge is -2.27. The third-order valence-corrected chi connectivity index (χ3v) is 7.38. The number of piperidine rings is 1. The molecule has 2 heterocycles. The highest BCUT2D eigenvalue weighted by Gasteiger charge is 2.45. The van der Waals surface area contributed by atoms with E-state index < -0.39 is 29.7 Å².